The molecule has 114 valence electrons. The molecule has 0 spiro atoms. The molecule has 1 aliphatic rings. The van der Waals surface area contributed by atoms with E-state index in [1.165, 1.54) is 5.01 Å². The first-order chi connectivity index (χ1) is 10.8. The third-order valence-electron chi connectivity index (χ3n) is 3.89. The van der Waals surface area contributed by atoms with Crippen LogP contribution in [0.25, 0.3) is 5.65 Å². The van der Waals surface area contributed by atoms with E-state index in [0.29, 0.717) is 0 Å². The molecule has 0 saturated carbocycles. The summed E-state index contributed by atoms with van der Waals surface area (Å²) in [5, 5.41) is 7.60. The summed E-state index contributed by atoms with van der Waals surface area (Å²) in [5.74, 6) is 1.01. The Bertz CT molecular complexity index is 772. The average Bonchev–Trinajstić information content (AvgIpc) is 3.16. The number of rotatable bonds is 3. The van der Waals surface area contributed by atoms with Crippen LogP contribution in [0.4, 0.5) is 5.82 Å². The topological polar surface area (TPSA) is 62.5 Å². The first-order valence-corrected chi connectivity index (χ1v) is 8.19. The van der Waals surface area contributed by atoms with Crippen LogP contribution < -0.4 is 4.90 Å². The highest BCUT2D eigenvalue weighted by molar-refractivity contribution is 7.09. The van der Waals surface area contributed by atoms with Gasteiger partial charge >= 0.3 is 0 Å². The molecule has 0 aliphatic carbocycles. The third-order valence-corrected chi connectivity index (χ3v) is 4.84. The summed E-state index contributed by atoms with van der Waals surface area (Å²) < 4.78 is 1.85. The largest absolute Gasteiger partial charge is 0.353 e. The molecule has 8 heteroatoms. The van der Waals surface area contributed by atoms with Crippen LogP contribution in [0.3, 0.4) is 0 Å². The van der Waals surface area contributed by atoms with Gasteiger partial charge in [-0.1, -0.05) is 0 Å². The zero-order valence-electron chi connectivity index (χ0n) is 12.4. The van der Waals surface area contributed by atoms with Gasteiger partial charge in [0.15, 0.2) is 11.5 Å². The van der Waals surface area contributed by atoms with Crippen LogP contribution in [-0.2, 0) is 6.54 Å². The lowest BCUT2D eigenvalue weighted by atomic mass is 10.3. The summed E-state index contributed by atoms with van der Waals surface area (Å²) in [5.41, 5.74) is 1.90. The second-order valence-corrected chi connectivity index (χ2v) is 6.38. The summed E-state index contributed by atoms with van der Waals surface area (Å²) in [6, 6.07) is 0. The number of aromatic nitrogens is 5. The molecule has 3 aromatic rings. The highest BCUT2D eigenvalue weighted by Crippen LogP contribution is 2.18. The van der Waals surface area contributed by atoms with E-state index in [1.54, 1.807) is 23.9 Å². The molecule has 0 amide bonds. The SMILES string of the molecule is Cc1csc(CN2CCN(c3cncc4ncnn34)CC2)n1. The summed E-state index contributed by atoms with van der Waals surface area (Å²) >= 11 is 1.74. The number of thiazole rings is 1. The standard InChI is InChI=1S/C14H17N7S/c1-11-9-22-13(18-11)8-19-2-4-20(5-3-19)14-7-15-6-12-16-10-17-21(12)14/h6-7,9-10H,2-5,8H2,1H3. The van der Waals surface area contributed by atoms with Gasteiger partial charge in [-0.05, 0) is 6.92 Å². The summed E-state index contributed by atoms with van der Waals surface area (Å²) in [6.45, 7) is 6.95. The number of aryl methyl sites for hydroxylation is 1. The molecule has 4 heterocycles. The van der Waals surface area contributed by atoms with Crippen LogP contribution in [0.5, 0.6) is 0 Å². The summed E-state index contributed by atoms with van der Waals surface area (Å²) in [7, 11) is 0. The molecule has 0 N–H and O–H groups in total. The van der Waals surface area contributed by atoms with Gasteiger partial charge in [-0.15, -0.1) is 11.3 Å². The van der Waals surface area contributed by atoms with Crippen LogP contribution in [0.1, 0.15) is 10.7 Å². The Morgan fingerprint density at radius 2 is 2.05 bits per heavy atom. The van der Waals surface area contributed by atoms with Crippen molar-refractivity contribution < 1.29 is 0 Å². The molecule has 1 saturated heterocycles. The fraction of sp³-hybridized carbons (Fsp3) is 0.429. The van der Waals surface area contributed by atoms with E-state index in [1.807, 2.05) is 17.6 Å². The minimum absolute atomic E-state index is 0.790. The van der Waals surface area contributed by atoms with E-state index in [-0.39, 0.29) is 0 Å². The number of fused-ring (bicyclic) bond motifs is 1. The Labute approximate surface area is 132 Å². The molecule has 1 aliphatic heterocycles. The van der Waals surface area contributed by atoms with Crippen LogP contribution >= 0.6 is 11.3 Å². The van der Waals surface area contributed by atoms with Crippen molar-refractivity contribution in [2.45, 2.75) is 13.5 Å². The number of piperazine rings is 1. The molecule has 0 atom stereocenters. The quantitative estimate of drug-likeness (QED) is 0.724. The maximum atomic E-state index is 4.55. The Kier molecular flexibility index (Phi) is 3.47. The van der Waals surface area contributed by atoms with Gasteiger partial charge in [-0.3, -0.25) is 9.88 Å². The highest BCUT2D eigenvalue weighted by Gasteiger charge is 2.20. The fourth-order valence-electron chi connectivity index (χ4n) is 2.76. The van der Waals surface area contributed by atoms with E-state index < -0.39 is 0 Å². The second-order valence-electron chi connectivity index (χ2n) is 5.44. The highest BCUT2D eigenvalue weighted by atomic mass is 32.1. The molecule has 0 bridgehead atoms. The van der Waals surface area contributed by atoms with E-state index in [0.717, 1.165) is 49.9 Å². The monoisotopic (exact) mass is 315 g/mol. The first kappa shape index (κ1) is 13.6. The molecular weight excluding hydrogens is 298 g/mol. The van der Waals surface area contributed by atoms with Crippen molar-refractivity contribution in [3.8, 4) is 0 Å². The number of anilines is 1. The van der Waals surface area contributed by atoms with Gasteiger partial charge in [0.25, 0.3) is 0 Å². The fourth-order valence-corrected chi connectivity index (χ4v) is 3.57. The molecule has 3 aromatic heterocycles. The predicted octanol–water partition coefficient (Wildman–Crippen LogP) is 1.21. The molecule has 22 heavy (non-hydrogen) atoms. The van der Waals surface area contributed by atoms with Gasteiger partial charge in [0.1, 0.15) is 11.3 Å². The van der Waals surface area contributed by atoms with Crippen LogP contribution in [-0.4, -0.2) is 55.6 Å². The lowest BCUT2D eigenvalue weighted by Gasteiger charge is -2.35. The van der Waals surface area contributed by atoms with E-state index >= 15 is 0 Å². The molecule has 0 unspecified atom stereocenters. The minimum atomic E-state index is 0.790. The lowest BCUT2D eigenvalue weighted by Crippen LogP contribution is -2.46. The molecule has 7 nitrogen and oxygen atoms in total. The van der Waals surface area contributed by atoms with E-state index in [9.17, 15) is 0 Å². The Morgan fingerprint density at radius 3 is 2.82 bits per heavy atom. The zero-order valence-corrected chi connectivity index (χ0v) is 13.2. The van der Waals surface area contributed by atoms with Crippen molar-refractivity contribution >= 4 is 22.8 Å². The Balaban J connectivity index is 1.44. The Hall–Kier alpha value is -2.06. The van der Waals surface area contributed by atoms with Crippen molar-refractivity contribution in [2.75, 3.05) is 31.1 Å². The van der Waals surface area contributed by atoms with E-state index in [4.69, 9.17) is 0 Å². The van der Waals surface area contributed by atoms with Gasteiger partial charge in [0.05, 0.1) is 18.9 Å². The molecule has 0 radical (unpaired) electrons. The van der Waals surface area contributed by atoms with Gasteiger partial charge in [-0.2, -0.15) is 9.61 Å². The van der Waals surface area contributed by atoms with Gasteiger partial charge in [0.2, 0.25) is 0 Å². The van der Waals surface area contributed by atoms with Crippen molar-refractivity contribution in [1.82, 2.24) is 29.5 Å². The number of hydrogen-bond donors (Lipinski definition) is 0. The summed E-state index contributed by atoms with van der Waals surface area (Å²) in [4.78, 5) is 17.8. The molecule has 0 aromatic carbocycles. The second kappa shape index (κ2) is 5.62. The van der Waals surface area contributed by atoms with Crippen LogP contribution in [0, 0.1) is 6.92 Å². The summed E-state index contributed by atoms with van der Waals surface area (Å²) in [6.07, 6.45) is 5.17. The van der Waals surface area contributed by atoms with Crippen molar-refractivity contribution in [3.63, 3.8) is 0 Å². The van der Waals surface area contributed by atoms with Crippen molar-refractivity contribution in [1.29, 1.82) is 0 Å². The van der Waals surface area contributed by atoms with Gasteiger partial charge in [-0.25, -0.2) is 9.97 Å². The third kappa shape index (κ3) is 2.55. The van der Waals surface area contributed by atoms with Crippen LogP contribution in [0.15, 0.2) is 24.1 Å². The normalized spacial score (nSPS) is 16.5. The average molecular weight is 315 g/mol. The van der Waals surface area contributed by atoms with Gasteiger partial charge in [0, 0.05) is 37.3 Å². The number of hydrogen-bond acceptors (Lipinski definition) is 7. The minimum Gasteiger partial charge on any atom is -0.353 e. The molecule has 4 rings (SSSR count). The zero-order chi connectivity index (χ0) is 14.9. The number of nitrogens with zero attached hydrogens (tertiary/aromatic N) is 7. The van der Waals surface area contributed by atoms with Crippen LogP contribution in [0.2, 0.25) is 0 Å². The van der Waals surface area contributed by atoms with Crippen molar-refractivity contribution in [3.05, 3.63) is 34.8 Å². The van der Waals surface area contributed by atoms with Crippen molar-refractivity contribution in [2.24, 2.45) is 0 Å². The maximum absolute atomic E-state index is 4.55. The maximum Gasteiger partial charge on any atom is 0.175 e. The Morgan fingerprint density at radius 1 is 1.18 bits per heavy atom. The molecular formula is C14H17N7S. The predicted molar refractivity (Wildman–Crippen MR) is 85.1 cm³/mol. The van der Waals surface area contributed by atoms with Gasteiger partial charge < -0.3 is 4.90 Å². The smallest absolute Gasteiger partial charge is 0.175 e. The first-order valence-electron chi connectivity index (χ1n) is 7.31. The van der Waals surface area contributed by atoms with E-state index in [2.05, 4.69) is 35.2 Å². The molecule has 1 fully saturated rings. The lowest BCUT2D eigenvalue weighted by molar-refractivity contribution is 0.248.